The van der Waals surface area contributed by atoms with Gasteiger partial charge in [-0.3, -0.25) is 10.1 Å². The van der Waals surface area contributed by atoms with Gasteiger partial charge in [0.1, 0.15) is 10.3 Å². The lowest BCUT2D eigenvalue weighted by molar-refractivity contribution is 0.0966. The Labute approximate surface area is 151 Å². The van der Waals surface area contributed by atoms with Crippen molar-refractivity contribution in [2.45, 2.75) is 6.92 Å². The van der Waals surface area contributed by atoms with Crippen LogP contribution in [-0.2, 0) is 0 Å². The summed E-state index contributed by atoms with van der Waals surface area (Å²) >= 11 is 23.3. The van der Waals surface area contributed by atoms with Gasteiger partial charge >= 0.3 is 6.03 Å². The second-order valence-electron chi connectivity index (χ2n) is 4.49. The van der Waals surface area contributed by atoms with Crippen LogP contribution in [0.2, 0.25) is 20.4 Å². The topological polar surface area (TPSA) is 71.1 Å². The molecule has 120 valence electrons. The summed E-state index contributed by atoms with van der Waals surface area (Å²) in [4.78, 5) is 27.8. The Kier molecular flexibility index (Phi) is 5.70. The molecule has 0 atom stereocenters. The molecule has 0 aliphatic rings. The smallest absolute Gasteiger partial charge is 0.308 e. The molecule has 0 spiro atoms. The van der Waals surface area contributed by atoms with Crippen molar-refractivity contribution < 1.29 is 9.59 Å². The van der Waals surface area contributed by atoms with Gasteiger partial charge in [0, 0.05) is 15.7 Å². The van der Waals surface area contributed by atoms with Crippen LogP contribution in [-0.4, -0.2) is 16.9 Å². The van der Waals surface area contributed by atoms with Crippen molar-refractivity contribution in [1.29, 1.82) is 0 Å². The third-order valence-electron chi connectivity index (χ3n) is 2.72. The number of nitrogens with one attached hydrogen (secondary N) is 2. The summed E-state index contributed by atoms with van der Waals surface area (Å²) in [5.74, 6) is -0.706. The summed E-state index contributed by atoms with van der Waals surface area (Å²) in [6, 6.07) is 5.19. The van der Waals surface area contributed by atoms with Crippen LogP contribution in [0.1, 0.15) is 15.9 Å². The fourth-order valence-electron chi connectivity index (χ4n) is 1.82. The summed E-state index contributed by atoms with van der Waals surface area (Å²) in [5, 5.41) is 5.34. The number of carbonyl (C=O) groups excluding carboxylic acids is 2. The summed E-state index contributed by atoms with van der Waals surface area (Å²) in [6.45, 7) is 1.63. The van der Waals surface area contributed by atoms with Crippen molar-refractivity contribution >= 4 is 64.0 Å². The monoisotopic (exact) mass is 391 g/mol. The van der Waals surface area contributed by atoms with E-state index >= 15 is 0 Å². The van der Waals surface area contributed by atoms with E-state index in [9.17, 15) is 9.59 Å². The number of imide groups is 1. The first-order chi connectivity index (χ1) is 10.8. The van der Waals surface area contributed by atoms with Crippen LogP contribution in [0.5, 0.6) is 0 Å². The number of hydrogen-bond donors (Lipinski definition) is 2. The minimum atomic E-state index is -0.765. The third kappa shape index (κ3) is 4.72. The first-order valence-electron chi connectivity index (χ1n) is 6.17. The second-order valence-corrected chi connectivity index (χ2v) is 6.11. The molecule has 5 nitrogen and oxygen atoms in total. The molecule has 0 fully saturated rings. The number of aryl methyl sites for hydroxylation is 1. The van der Waals surface area contributed by atoms with E-state index in [1.807, 2.05) is 0 Å². The Bertz CT molecular complexity index is 752. The number of amides is 3. The fourth-order valence-corrected chi connectivity index (χ4v) is 2.97. The van der Waals surface area contributed by atoms with Crippen molar-refractivity contribution in [2.75, 3.05) is 5.32 Å². The highest BCUT2D eigenvalue weighted by atomic mass is 35.5. The molecule has 1 heterocycles. The van der Waals surface area contributed by atoms with Crippen molar-refractivity contribution in [3.05, 3.63) is 55.7 Å². The maximum Gasteiger partial charge on any atom is 0.326 e. The van der Waals surface area contributed by atoms with Gasteiger partial charge in [-0.1, -0.05) is 46.4 Å². The van der Waals surface area contributed by atoms with E-state index < -0.39 is 11.9 Å². The highest BCUT2D eigenvalue weighted by Crippen LogP contribution is 2.23. The first kappa shape index (κ1) is 17.8. The molecular formula is C14H9Cl4N3O2. The van der Waals surface area contributed by atoms with Gasteiger partial charge in [-0.25, -0.2) is 9.78 Å². The lowest BCUT2D eigenvalue weighted by atomic mass is 10.1. The Morgan fingerprint density at radius 1 is 1.00 bits per heavy atom. The van der Waals surface area contributed by atoms with Gasteiger partial charge in [0.2, 0.25) is 0 Å². The molecule has 9 heteroatoms. The summed E-state index contributed by atoms with van der Waals surface area (Å²) in [6.07, 6.45) is 0. The standard InChI is InChI=1S/C14H9Cl4N3O2/c1-6-2-10(17)20-12(18)11(6)13(22)21-14(23)19-9-4-7(15)3-8(16)5-9/h2-5H,1H3,(H2,19,21,22,23). The van der Waals surface area contributed by atoms with E-state index in [4.69, 9.17) is 46.4 Å². The molecular weight excluding hydrogens is 384 g/mol. The normalized spacial score (nSPS) is 10.3. The minimum Gasteiger partial charge on any atom is -0.308 e. The van der Waals surface area contributed by atoms with Gasteiger partial charge in [-0.15, -0.1) is 0 Å². The minimum absolute atomic E-state index is 0.0651. The highest BCUT2D eigenvalue weighted by molar-refractivity contribution is 6.36. The average molecular weight is 393 g/mol. The molecule has 1 aromatic carbocycles. The van der Waals surface area contributed by atoms with E-state index in [0.717, 1.165) is 0 Å². The van der Waals surface area contributed by atoms with Crippen molar-refractivity contribution in [1.82, 2.24) is 10.3 Å². The van der Waals surface area contributed by atoms with Gasteiger partial charge in [-0.05, 0) is 36.8 Å². The van der Waals surface area contributed by atoms with Crippen LogP contribution >= 0.6 is 46.4 Å². The number of pyridine rings is 1. The zero-order chi connectivity index (χ0) is 17.1. The average Bonchev–Trinajstić information content (AvgIpc) is 2.35. The molecule has 23 heavy (non-hydrogen) atoms. The van der Waals surface area contributed by atoms with Crippen LogP contribution in [0, 0.1) is 6.92 Å². The number of carbonyl (C=O) groups is 2. The van der Waals surface area contributed by atoms with Crippen LogP contribution in [0.25, 0.3) is 0 Å². The first-order valence-corrected chi connectivity index (χ1v) is 7.68. The van der Waals surface area contributed by atoms with E-state index in [0.29, 0.717) is 21.3 Å². The van der Waals surface area contributed by atoms with Crippen molar-refractivity contribution in [3.63, 3.8) is 0 Å². The summed E-state index contributed by atoms with van der Waals surface area (Å²) in [7, 11) is 0. The van der Waals surface area contributed by atoms with E-state index in [-0.39, 0.29) is 15.9 Å². The number of halogens is 4. The molecule has 0 saturated heterocycles. The van der Waals surface area contributed by atoms with Gasteiger partial charge in [0.05, 0.1) is 5.56 Å². The Morgan fingerprint density at radius 2 is 1.61 bits per heavy atom. The highest BCUT2D eigenvalue weighted by Gasteiger charge is 2.18. The Morgan fingerprint density at radius 3 is 2.17 bits per heavy atom. The van der Waals surface area contributed by atoms with Gasteiger partial charge in [0.25, 0.3) is 5.91 Å². The number of anilines is 1. The molecule has 0 unspecified atom stereocenters. The molecule has 2 N–H and O–H groups in total. The van der Waals surface area contributed by atoms with Crippen LogP contribution in [0.3, 0.4) is 0 Å². The maximum absolute atomic E-state index is 12.1. The second kappa shape index (κ2) is 7.36. The largest absolute Gasteiger partial charge is 0.326 e. The lowest BCUT2D eigenvalue weighted by Crippen LogP contribution is -2.35. The van der Waals surface area contributed by atoms with Crippen LogP contribution in [0.4, 0.5) is 10.5 Å². The number of rotatable bonds is 2. The molecule has 0 aliphatic carbocycles. The quantitative estimate of drug-likeness (QED) is 0.709. The van der Waals surface area contributed by atoms with Crippen LogP contribution < -0.4 is 10.6 Å². The van der Waals surface area contributed by atoms with Crippen molar-refractivity contribution in [3.8, 4) is 0 Å². The number of nitrogens with zero attached hydrogens (tertiary/aromatic N) is 1. The zero-order valence-corrected chi connectivity index (χ0v) is 14.6. The molecule has 1 aromatic heterocycles. The maximum atomic E-state index is 12.1. The number of urea groups is 1. The summed E-state index contributed by atoms with van der Waals surface area (Å²) < 4.78 is 0. The number of hydrogen-bond acceptors (Lipinski definition) is 3. The lowest BCUT2D eigenvalue weighted by Gasteiger charge is -2.10. The SMILES string of the molecule is Cc1cc(Cl)nc(Cl)c1C(=O)NC(=O)Nc1cc(Cl)cc(Cl)c1. The molecule has 0 radical (unpaired) electrons. The number of aromatic nitrogens is 1. The molecule has 3 amide bonds. The van der Waals surface area contributed by atoms with E-state index in [1.54, 1.807) is 6.92 Å². The van der Waals surface area contributed by atoms with Gasteiger partial charge < -0.3 is 5.32 Å². The Balaban J connectivity index is 2.13. The molecule has 0 saturated carbocycles. The van der Waals surface area contributed by atoms with E-state index in [2.05, 4.69) is 15.6 Å². The van der Waals surface area contributed by atoms with Crippen molar-refractivity contribution in [2.24, 2.45) is 0 Å². The molecule has 2 rings (SSSR count). The zero-order valence-electron chi connectivity index (χ0n) is 11.6. The van der Waals surface area contributed by atoms with Gasteiger partial charge in [0.15, 0.2) is 0 Å². The fraction of sp³-hybridized carbons (Fsp3) is 0.0714. The molecule has 0 aliphatic heterocycles. The predicted molar refractivity (Wildman–Crippen MR) is 91.9 cm³/mol. The molecule has 2 aromatic rings. The molecule has 0 bridgehead atoms. The predicted octanol–water partition coefficient (Wildman–Crippen LogP) is 4.97. The third-order valence-corrected chi connectivity index (χ3v) is 3.62. The number of benzene rings is 1. The Hall–Kier alpha value is -1.53. The van der Waals surface area contributed by atoms with E-state index in [1.165, 1.54) is 24.3 Å². The summed E-state index contributed by atoms with van der Waals surface area (Å²) in [5.41, 5.74) is 0.895. The van der Waals surface area contributed by atoms with Gasteiger partial charge in [-0.2, -0.15) is 0 Å². The van der Waals surface area contributed by atoms with Crippen LogP contribution in [0.15, 0.2) is 24.3 Å².